The van der Waals surface area contributed by atoms with E-state index in [1.807, 2.05) is 0 Å². The first kappa shape index (κ1) is 22.6. The van der Waals surface area contributed by atoms with Crippen LogP contribution in [0.1, 0.15) is 30.1 Å². The van der Waals surface area contributed by atoms with Crippen LogP contribution >= 0.6 is 0 Å². The highest BCUT2D eigenvalue weighted by Gasteiger charge is 2.39. The first-order valence-corrected chi connectivity index (χ1v) is 11.7. The van der Waals surface area contributed by atoms with E-state index < -0.39 is 28.4 Å². The van der Waals surface area contributed by atoms with Gasteiger partial charge in [-0.2, -0.15) is 13.1 Å². The molecule has 0 aliphatic carbocycles. The molecular formula is C20H26F2N2O5S. The molecule has 2 aliphatic rings. The van der Waals surface area contributed by atoms with Crippen LogP contribution in [0.15, 0.2) is 28.6 Å². The molecule has 0 N–H and O–H groups in total. The SMILES string of the molecule is CCC(OC)C(=O)N=S1(=O)CC2CC(CN(C(=O)c3cccc(OC(F)F)c3)C2)C1. The van der Waals surface area contributed by atoms with Crippen LogP contribution in [-0.4, -0.2) is 65.3 Å². The van der Waals surface area contributed by atoms with Gasteiger partial charge in [0.2, 0.25) is 0 Å². The van der Waals surface area contributed by atoms with Crippen LogP contribution in [0.2, 0.25) is 0 Å². The van der Waals surface area contributed by atoms with E-state index >= 15 is 0 Å². The van der Waals surface area contributed by atoms with Crippen molar-refractivity contribution in [2.24, 2.45) is 16.2 Å². The van der Waals surface area contributed by atoms with Crippen molar-refractivity contribution in [1.29, 1.82) is 0 Å². The summed E-state index contributed by atoms with van der Waals surface area (Å²) in [6.45, 7) is -0.390. The van der Waals surface area contributed by atoms with E-state index in [9.17, 15) is 22.6 Å². The molecule has 2 amide bonds. The molecule has 2 heterocycles. The van der Waals surface area contributed by atoms with Crippen LogP contribution in [0, 0.1) is 11.8 Å². The molecule has 2 aliphatic heterocycles. The number of amides is 2. The zero-order valence-electron chi connectivity index (χ0n) is 17.0. The number of carbonyl (C=O) groups excluding carboxylic acids is 2. The molecule has 0 spiro atoms. The average Bonchev–Trinajstić information content (AvgIpc) is 2.66. The minimum atomic E-state index is -2.96. The van der Waals surface area contributed by atoms with Crippen LogP contribution in [0.5, 0.6) is 5.75 Å². The average molecular weight is 445 g/mol. The van der Waals surface area contributed by atoms with Crippen molar-refractivity contribution >= 4 is 21.5 Å². The van der Waals surface area contributed by atoms with Crippen LogP contribution in [0.25, 0.3) is 0 Å². The van der Waals surface area contributed by atoms with E-state index in [0.717, 1.165) is 6.42 Å². The van der Waals surface area contributed by atoms with Gasteiger partial charge < -0.3 is 14.4 Å². The number of benzene rings is 1. The summed E-state index contributed by atoms with van der Waals surface area (Å²) in [5, 5.41) is 0. The lowest BCUT2D eigenvalue weighted by Gasteiger charge is -2.42. The van der Waals surface area contributed by atoms with Gasteiger partial charge in [0.15, 0.2) is 0 Å². The van der Waals surface area contributed by atoms with Crippen molar-refractivity contribution < 1.29 is 32.1 Å². The summed E-state index contributed by atoms with van der Waals surface area (Å²) in [7, 11) is -1.27. The number of alkyl halides is 2. The lowest BCUT2D eigenvalue weighted by atomic mass is 9.90. The first-order chi connectivity index (χ1) is 14.2. The summed E-state index contributed by atoms with van der Waals surface area (Å²) in [5.41, 5.74) is 0.264. The Kier molecular flexibility index (Phi) is 7.07. The molecule has 2 saturated heterocycles. The first-order valence-electron chi connectivity index (χ1n) is 9.86. The smallest absolute Gasteiger partial charge is 0.387 e. The number of halogens is 2. The number of likely N-dealkylation sites (tertiary alicyclic amines) is 1. The Bertz CT molecular complexity index is 892. The third-order valence-electron chi connectivity index (χ3n) is 5.40. The lowest BCUT2D eigenvalue weighted by Crippen LogP contribution is -2.51. The van der Waals surface area contributed by atoms with Gasteiger partial charge in [-0.1, -0.05) is 13.0 Å². The standard InChI is InChI=1S/C20H26F2N2O5S/c1-3-17(28-2)18(25)23-30(27)11-13-7-14(12-30)10-24(9-13)19(26)15-5-4-6-16(8-15)29-20(21)22/h4-6,8,13-14,17,20H,3,7,9-12H2,1-2H3. The van der Waals surface area contributed by atoms with Crippen LogP contribution in [0.4, 0.5) is 8.78 Å². The molecule has 1 aromatic carbocycles. The van der Waals surface area contributed by atoms with Crippen molar-refractivity contribution in [3.8, 4) is 5.75 Å². The monoisotopic (exact) mass is 444 g/mol. The van der Waals surface area contributed by atoms with Gasteiger partial charge in [0.25, 0.3) is 11.8 Å². The molecule has 0 saturated carbocycles. The fraction of sp³-hybridized carbons (Fsp3) is 0.600. The predicted molar refractivity (Wildman–Crippen MR) is 107 cm³/mol. The molecule has 10 heteroatoms. The number of fused-ring (bicyclic) bond motifs is 2. The molecule has 3 rings (SSSR count). The van der Waals surface area contributed by atoms with E-state index in [1.165, 1.54) is 25.3 Å². The Morgan fingerprint density at radius 2 is 1.93 bits per heavy atom. The van der Waals surface area contributed by atoms with Gasteiger partial charge in [0.05, 0.1) is 9.73 Å². The van der Waals surface area contributed by atoms with Crippen molar-refractivity contribution in [1.82, 2.24) is 4.90 Å². The second kappa shape index (κ2) is 9.38. The highest BCUT2D eigenvalue weighted by Crippen LogP contribution is 2.32. The maximum Gasteiger partial charge on any atom is 0.387 e. The fourth-order valence-electron chi connectivity index (χ4n) is 4.26. The molecule has 166 valence electrons. The summed E-state index contributed by atoms with van der Waals surface area (Å²) in [6, 6.07) is 5.71. The van der Waals surface area contributed by atoms with E-state index in [0.29, 0.717) is 19.5 Å². The molecule has 30 heavy (non-hydrogen) atoms. The molecule has 0 aromatic heterocycles. The molecule has 2 fully saturated rings. The maximum atomic E-state index is 13.2. The second-order valence-corrected chi connectivity index (χ2v) is 10.1. The van der Waals surface area contributed by atoms with E-state index in [2.05, 4.69) is 9.10 Å². The number of nitrogens with zero attached hydrogens (tertiary/aromatic N) is 2. The lowest BCUT2D eigenvalue weighted by molar-refractivity contribution is -0.127. The summed E-state index contributed by atoms with van der Waals surface area (Å²) >= 11 is 0. The Labute approximate surface area is 174 Å². The fourth-order valence-corrected chi connectivity index (χ4v) is 6.94. The predicted octanol–water partition coefficient (Wildman–Crippen LogP) is 2.80. The molecule has 3 unspecified atom stereocenters. The quantitative estimate of drug-likeness (QED) is 0.674. The van der Waals surface area contributed by atoms with Gasteiger partial charge in [0.1, 0.15) is 11.9 Å². The molecule has 1 aromatic rings. The van der Waals surface area contributed by atoms with Crippen molar-refractivity contribution in [3.63, 3.8) is 0 Å². The number of rotatable bonds is 6. The molecule has 3 atom stereocenters. The van der Waals surface area contributed by atoms with Gasteiger partial charge in [-0.05, 0) is 42.9 Å². The highest BCUT2D eigenvalue weighted by molar-refractivity contribution is 7.93. The third-order valence-corrected chi connectivity index (χ3v) is 7.89. The van der Waals surface area contributed by atoms with Gasteiger partial charge >= 0.3 is 6.61 Å². The van der Waals surface area contributed by atoms with Gasteiger partial charge in [-0.3, -0.25) is 9.59 Å². The minimum Gasteiger partial charge on any atom is -0.435 e. The molecule has 2 bridgehead atoms. The van der Waals surface area contributed by atoms with Crippen LogP contribution in [0.3, 0.4) is 0 Å². The van der Waals surface area contributed by atoms with Crippen molar-refractivity contribution in [2.45, 2.75) is 32.5 Å². The zero-order valence-corrected chi connectivity index (χ0v) is 17.8. The summed E-state index contributed by atoms with van der Waals surface area (Å²) in [6.07, 6.45) is 0.587. The number of hydrogen-bond acceptors (Lipinski definition) is 5. The topological polar surface area (TPSA) is 85.3 Å². The van der Waals surface area contributed by atoms with E-state index in [1.54, 1.807) is 17.9 Å². The summed E-state index contributed by atoms with van der Waals surface area (Å²) in [4.78, 5) is 26.8. The van der Waals surface area contributed by atoms with Gasteiger partial charge in [-0.15, -0.1) is 0 Å². The van der Waals surface area contributed by atoms with E-state index in [4.69, 9.17) is 4.74 Å². The Balaban J connectivity index is 1.72. The number of ether oxygens (including phenoxy) is 2. The number of piperidine rings is 1. The largest absolute Gasteiger partial charge is 0.435 e. The number of carbonyl (C=O) groups is 2. The van der Waals surface area contributed by atoms with Crippen molar-refractivity contribution in [2.75, 3.05) is 31.7 Å². The summed E-state index contributed by atoms with van der Waals surface area (Å²) in [5.74, 6) is -0.397. The third kappa shape index (κ3) is 5.34. The van der Waals surface area contributed by atoms with Crippen LogP contribution in [-0.2, 0) is 19.3 Å². The zero-order chi connectivity index (χ0) is 21.9. The number of methoxy groups -OCH3 is 1. The Morgan fingerprint density at radius 1 is 1.27 bits per heavy atom. The maximum absolute atomic E-state index is 13.2. The normalized spacial score (nSPS) is 26.9. The summed E-state index contributed by atoms with van der Waals surface area (Å²) < 4.78 is 51.6. The highest BCUT2D eigenvalue weighted by atomic mass is 32.2. The van der Waals surface area contributed by atoms with Gasteiger partial charge in [-0.25, -0.2) is 4.21 Å². The van der Waals surface area contributed by atoms with Crippen molar-refractivity contribution in [3.05, 3.63) is 29.8 Å². The number of hydrogen-bond donors (Lipinski definition) is 0. The van der Waals surface area contributed by atoms with E-state index in [-0.39, 0.29) is 40.6 Å². The van der Waals surface area contributed by atoms with Gasteiger partial charge in [0, 0.05) is 37.3 Å². The Hall–Kier alpha value is -2.07. The second-order valence-electron chi connectivity index (χ2n) is 7.75. The molecular weight excluding hydrogens is 418 g/mol. The molecule has 7 nitrogen and oxygen atoms in total. The Morgan fingerprint density at radius 3 is 2.50 bits per heavy atom. The minimum absolute atomic E-state index is 0.0337. The van der Waals surface area contributed by atoms with Crippen LogP contribution < -0.4 is 4.74 Å². The molecule has 0 radical (unpaired) electrons.